The molecule has 25 heavy (non-hydrogen) atoms. The lowest BCUT2D eigenvalue weighted by molar-refractivity contribution is -0.116. The van der Waals surface area contributed by atoms with E-state index in [0.717, 1.165) is 24.2 Å². The van der Waals surface area contributed by atoms with Gasteiger partial charge in [-0.05, 0) is 37.8 Å². The minimum absolute atomic E-state index is 0.130. The lowest BCUT2D eigenvalue weighted by Crippen LogP contribution is -2.14. The van der Waals surface area contributed by atoms with Crippen LogP contribution in [0.25, 0.3) is 0 Å². The fourth-order valence-corrected chi connectivity index (χ4v) is 3.47. The molecule has 1 aromatic heterocycles. The summed E-state index contributed by atoms with van der Waals surface area (Å²) in [6.07, 6.45) is 7.08. The molecule has 0 unspecified atom stereocenters. The minimum Gasteiger partial charge on any atom is -0.478 e. The number of carboxylic acids is 1. The van der Waals surface area contributed by atoms with Crippen LogP contribution in [0.3, 0.4) is 0 Å². The number of aryl methyl sites for hydroxylation is 1. The number of carboxylic acid groups (broad SMARTS) is 1. The highest BCUT2D eigenvalue weighted by Crippen LogP contribution is 2.31. The van der Waals surface area contributed by atoms with E-state index in [4.69, 9.17) is 0 Å². The molecule has 0 bridgehead atoms. The summed E-state index contributed by atoms with van der Waals surface area (Å²) >= 11 is 0. The maximum Gasteiger partial charge on any atom is 0.335 e. The first-order valence-electron chi connectivity index (χ1n) is 8.71. The van der Waals surface area contributed by atoms with Crippen molar-refractivity contribution in [3.8, 4) is 0 Å². The van der Waals surface area contributed by atoms with Crippen LogP contribution in [-0.2, 0) is 11.2 Å². The summed E-state index contributed by atoms with van der Waals surface area (Å²) in [5.41, 5.74) is 2.64. The molecule has 6 nitrogen and oxygen atoms in total. The maximum atomic E-state index is 12.3. The molecule has 2 aromatic rings. The van der Waals surface area contributed by atoms with Crippen molar-refractivity contribution in [3.05, 3.63) is 47.3 Å². The van der Waals surface area contributed by atoms with Crippen molar-refractivity contribution in [2.45, 2.75) is 51.5 Å². The summed E-state index contributed by atoms with van der Waals surface area (Å²) in [6.45, 7) is 1.97. The van der Waals surface area contributed by atoms with Crippen LogP contribution in [0.4, 0.5) is 5.69 Å². The highest BCUT2D eigenvalue weighted by molar-refractivity contribution is 5.92. The Morgan fingerprint density at radius 2 is 2.00 bits per heavy atom. The molecule has 1 fully saturated rings. The van der Waals surface area contributed by atoms with Crippen molar-refractivity contribution in [2.24, 2.45) is 0 Å². The first-order chi connectivity index (χ1) is 12.1. The predicted octanol–water partition coefficient (Wildman–Crippen LogP) is 3.58. The molecular weight excluding hydrogens is 318 g/mol. The second-order valence-corrected chi connectivity index (χ2v) is 6.54. The molecule has 1 amide bonds. The number of aromatic nitrogens is 2. The first kappa shape index (κ1) is 17.2. The molecule has 1 aliphatic rings. The monoisotopic (exact) mass is 341 g/mol. The van der Waals surface area contributed by atoms with Crippen LogP contribution < -0.4 is 5.32 Å². The highest BCUT2D eigenvalue weighted by Gasteiger charge is 2.21. The third-order valence-electron chi connectivity index (χ3n) is 4.86. The van der Waals surface area contributed by atoms with Crippen LogP contribution in [0.1, 0.15) is 59.8 Å². The van der Waals surface area contributed by atoms with Crippen molar-refractivity contribution in [1.29, 1.82) is 0 Å². The van der Waals surface area contributed by atoms with Crippen molar-refractivity contribution in [3.63, 3.8) is 0 Å². The zero-order valence-corrected chi connectivity index (χ0v) is 14.4. The molecule has 0 radical (unpaired) electrons. The smallest absolute Gasteiger partial charge is 0.335 e. The van der Waals surface area contributed by atoms with E-state index >= 15 is 0 Å². The van der Waals surface area contributed by atoms with Crippen LogP contribution in [0, 0.1) is 6.92 Å². The molecule has 1 aromatic carbocycles. The number of carbonyl (C=O) groups excluding carboxylic acids is 1. The highest BCUT2D eigenvalue weighted by atomic mass is 16.4. The summed E-state index contributed by atoms with van der Waals surface area (Å²) in [5, 5.41) is 16.5. The zero-order valence-electron chi connectivity index (χ0n) is 14.4. The molecular formula is C19H23N3O3. The van der Waals surface area contributed by atoms with E-state index in [2.05, 4.69) is 10.4 Å². The fraction of sp³-hybridized carbons (Fsp3) is 0.421. The topological polar surface area (TPSA) is 84.2 Å². The average molecular weight is 341 g/mol. The summed E-state index contributed by atoms with van der Waals surface area (Å²) in [7, 11) is 0. The number of benzene rings is 1. The standard InChI is InChI=1S/C19H23N3O3/c1-13-17(12-20-22(13)15-7-3-4-8-15)21-18(23)11-10-14-6-2-5-9-16(14)19(24)25/h2,5-6,9,12,15H,3-4,7-8,10-11H2,1H3,(H,21,23)(H,24,25). The second kappa shape index (κ2) is 7.51. The SMILES string of the molecule is Cc1c(NC(=O)CCc2ccccc2C(=O)O)cnn1C1CCCC1. The first-order valence-corrected chi connectivity index (χ1v) is 8.71. The Hall–Kier alpha value is -2.63. The number of hydrogen-bond acceptors (Lipinski definition) is 3. The third kappa shape index (κ3) is 3.90. The number of carbonyl (C=O) groups is 2. The van der Waals surface area contributed by atoms with Crippen molar-refractivity contribution in [2.75, 3.05) is 5.32 Å². The van der Waals surface area contributed by atoms with Gasteiger partial charge in [-0.1, -0.05) is 31.0 Å². The normalized spacial score (nSPS) is 14.6. The van der Waals surface area contributed by atoms with Gasteiger partial charge in [0.15, 0.2) is 0 Å². The van der Waals surface area contributed by atoms with Gasteiger partial charge in [-0.15, -0.1) is 0 Å². The van der Waals surface area contributed by atoms with Crippen LogP contribution in [0.5, 0.6) is 0 Å². The van der Waals surface area contributed by atoms with E-state index in [1.807, 2.05) is 11.6 Å². The summed E-state index contributed by atoms with van der Waals surface area (Å²) in [4.78, 5) is 23.5. The molecule has 0 atom stereocenters. The molecule has 1 aliphatic carbocycles. The lowest BCUT2D eigenvalue weighted by Gasteiger charge is -2.13. The van der Waals surface area contributed by atoms with E-state index in [0.29, 0.717) is 18.0 Å². The van der Waals surface area contributed by atoms with Gasteiger partial charge in [-0.2, -0.15) is 5.10 Å². The molecule has 1 saturated carbocycles. The molecule has 1 heterocycles. The number of hydrogen-bond donors (Lipinski definition) is 2. The van der Waals surface area contributed by atoms with Gasteiger partial charge in [0.2, 0.25) is 5.91 Å². The molecule has 0 aliphatic heterocycles. The molecule has 3 rings (SSSR count). The number of rotatable bonds is 6. The van der Waals surface area contributed by atoms with Gasteiger partial charge in [0.25, 0.3) is 0 Å². The molecule has 2 N–H and O–H groups in total. The van der Waals surface area contributed by atoms with Crippen LogP contribution in [0.15, 0.2) is 30.5 Å². The Morgan fingerprint density at radius 1 is 1.28 bits per heavy atom. The molecule has 0 spiro atoms. The maximum absolute atomic E-state index is 12.3. The Morgan fingerprint density at radius 3 is 2.72 bits per heavy atom. The van der Waals surface area contributed by atoms with Crippen molar-refractivity contribution < 1.29 is 14.7 Å². The Bertz CT molecular complexity index is 776. The third-order valence-corrected chi connectivity index (χ3v) is 4.86. The molecule has 132 valence electrons. The molecule has 6 heteroatoms. The predicted molar refractivity (Wildman–Crippen MR) is 94.8 cm³/mol. The number of nitrogens with zero attached hydrogens (tertiary/aromatic N) is 2. The zero-order chi connectivity index (χ0) is 17.8. The van der Waals surface area contributed by atoms with Gasteiger partial charge in [-0.25, -0.2) is 4.79 Å². The minimum atomic E-state index is -0.968. The van der Waals surface area contributed by atoms with E-state index in [-0.39, 0.29) is 17.9 Å². The van der Waals surface area contributed by atoms with Gasteiger partial charge >= 0.3 is 5.97 Å². The van der Waals surface area contributed by atoms with Crippen molar-refractivity contribution >= 4 is 17.6 Å². The van der Waals surface area contributed by atoms with E-state index < -0.39 is 5.97 Å². The second-order valence-electron chi connectivity index (χ2n) is 6.54. The largest absolute Gasteiger partial charge is 0.478 e. The van der Waals surface area contributed by atoms with Gasteiger partial charge in [0, 0.05) is 6.42 Å². The fourth-order valence-electron chi connectivity index (χ4n) is 3.47. The van der Waals surface area contributed by atoms with E-state index in [9.17, 15) is 14.7 Å². The van der Waals surface area contributed by atoms with Crippen LogP contribution >= 0.6 is 0 Å². The number of amides is 1. The Kier molecular flexibility index (Phi) is 5.16. The number of anilines is 1. The van der Waals surface area contributed by atoms with E-state index in [1.54, 1.807) is 30.5 Å². The Labute approximate surface area is 146 Å². The average Bonchev–Trinajstić information content (AvgIpc) is 3.24. The van der Waals surface area contributed by atoms with Gasteiger partial charge < -0.3 is 10.4 Å². The van der Waals surface area contributed by atoms with Crippen molar-refractivity contribution in [1.82, 2.24) is 9.78 Å². The summed E-state index contributed by atoms with van der Waals surface area (Å²) in [5.74, 6) is -1.10. The van der Waals surface area contributed by atoms with Gasteiger partial charge in [0.05, 0.1) is 29.2 Å². The van der Waals surface area contributed by atoms with E-state index in [1.165, 1.54) is 12.8 Å². The quantitative estimate of drug-likeness (QED) is 0.841. The van der Waals surface area contributed by atoms with Crippen LogP contribution in [0.2, 0.25) is 0 Å². The summed E-state index contributed by atoms with van der Waals surface area (Å²) < 4.78 is 2.02. The number of nitrogens with one attached hydrogen (secondary N) is 1. The Balaban J connectivity index is 1.61. The summed E-state index contributed by atoms with van der Waals surface area (Å²) in [6, 6.07) is 7.22. The van der Waals surface area contributed by atoms with Gasteiger partial charge in [-0.3, -0.25) is 9.48 Å². The van der Waals surface area contributed by atoms with Gasteiger partial charge in [0.1, 0.15) is 0 Å². The lowest BCUT2D eigenvalue weighted by atomic mass is 10.0. The number of aromatic carboxylic acids is 1. The molecule has 0 saturated heterocycles. The van der Waals surface area contributed by atoms with Crippen LogP contribution in [-0.4, -0.2) is 26.8 Å².